The van der Waals surface area contributed by atoms with Gasteiger partial charge in [0.05, 0.1) is 42.4 Å². The molecule has 3 aliphatic heterocycles. The van der Waals surface area contributed by atoms with Crippen LogP contribution >= 0.6 is 0 Å². The molecule has 7 nitrogen and oxygen atoms in total. The third-order valence-corrected chi connectivity index (χ3v) is 13.9. The molecule has 0 aromatic heterocycles. The van der Waals surface area contributed by atoms with E-state index in [-0.39, 0.29) is 40.7 Å². The van der Waals surface area contributed by atoms with Gasteiger partial charge in [-0.2, -0.15) is 0 Å². The van der Waals surface area contributed by atoms with E-state index in [0.717, 1.165) is 43.2 Å². The zero-order valence-electron chi connectivity index (χ0n) is 32.0. The standard InChI is InChI=1S/C44H60O7/c1-29(18-21-36-40(2,3)51-41(4,5)50-36)33-19-20-34(42(33,6)24-25-47-27-30-14-10-8-11-15-30)37-38-35(45)26-32-22-23-43(7,39(37)46)44(38,49-32)48-28-31-16-12-9-13-17-31/h8-17,29,32-34,36-38H,18-28H2,1-7H3/t29-,32+,33-,34+,36-,37+,38+,42-,43-,44?/m1/s1. The lowest BCUT2D eigenvalue weighted by molar-refractivity contribution is -0.349. The number of hydrogen-bond donors (Lipinski definition) is 0. The number of ether oxygens (including phenoxy) is 5. The minimum atomic E-state index is -1.24. The predicted octanol–water partition coefficient (Wildman–Crippen LogP) is 8.86. The van der Waals surface area contributed by atoms with Gasteiger partial charge in [0.1, 0.15) is 11.6 Å². The summed E-state index contributed by atoms with van der Waals surface area (Å²) in [7, 11) is 0. The topological polar surface area (TPSA) is 80.3 Å². The fourth-order valence-electron chi connectivity index (χ4n) is 11.4. The van der Waals surface area contributed by atoms with Crippen LogP contribution in [0.5, 0.6) is 0 Å². The molecule has 0 N–H and O–H groups in total. The average molecular weight is 701 g/mol. The SMILES string of the molecule is C[C@H](CC[C@H]1OC(C)(C)OC1(C)C)[C@H]1CC[C@@H]([C@@H]2C(=O)[C@@]3(C)CC[C@H]4CC(=O)[C@@H]2C3(OCc2ccccc2)O4)[C@]1(C)CCOCc1ccccc1. The molecule has 5 fully saturated rings. The summed E-state index contributed by atoms with van der Waals surface area (Å²) in [6, 6.07) is 20.3. The Labute approximate surface area is 305 Å². The van der Waals surface area contributed by atoms with E-state index in [9.17, 15) is 4.79 Å². The van der Waals surface area contributed by atoms with Gasteiger partial charge < -0.3 is 23.7 Å². The molecule has 2 aromatic carbocycles. The van der Waals surface area contributed by atoms with Gasteiger partial charge in [0.15, 0.2) is 11.6 Å². The van der Waals surface area contributed by atoms with Crippen molar-refractivity contribution in [2.24, 2.45) is 40.4 Å². The van der Waals surface area contributed by atoms with Crippen LogP contribution in [0, 0.1) is 40.4 Å². The van der Waals surface area contributed by atoms with E-state index in [0.29, 0.717) is 50.9 Å². The Hall–Kier alpha value is -2.42. The fourth-order valence-corrected chi connectivity index (χ4v) is 11.4. The van der Waals surface area contributed by atoms with Gasteiger partial charge in [-0.05, 0) is 114 Å². The Kier molecular flexibility index (Phi) is 9.97. The van der Waals surface area contributed by atoms with Gasteiger partial charge in [0, 0.05) is 18.9 Å². The van der Waals surface area contributed by atoms with E-state index in [2.05, 4.69) is 39.8 Å². The molecule has 0 amide bonds. The average Bonchev–Trinajstić information content (AvgIpc) is 3.63. The third-order valence-electron chi connectivity index (χ3n) is 13.9. The number of ketones is 2. The Morgan fingerprint density at radius 3 is 2.16 bits per heavy atom. The molecule has 51 heavy (non-hydrogen) atoms. The third kappa shape index (κ3) is 6.58. The minimum absolute atomic E-state index is 0.0127. The first-order valence-electron chi connectivity index (χ1n) is 19.6. The molecule has 2 aliphatic carbocycles. The molecule has 5 aliphatic rings. The molecule has 0 radical (unpaired) electrons. The number of rotatable bonds is 13. The highest BCUT2D eigenvalue weighted by Gasteiger charge is 2.77. The zero-order chi connectivity index (χ0) is 36.2. The maximum absolute atomic E-state index is 15.1. The molecule has 7 heteroatoms. The second-order valence-electron chi connectivity index (χ2n) is 17.9. The molecule has 2 aromatic rings. The monoisotopic (exact) mass is 700 g/mol. The smallest absolute Gasteiger partial charge is 0.191 e. The number of hydrogen-bond acceptors (Lipinski definition) is 7. The second-order valence-corrected chi connectivity index (χ2v) is 17.9. The highest BCUT2D eigenvalue weighted by Crippen LogP contribution is 2.68. The second kappa shape index (κ2) is 13.8. The van der Waals surface area contributed by atoms with Crippen molar-refractivity contribution in [3.8, 4) is 0 Å². The van der Waals surface area contributed by atoms with Crippen molar-refractivity contribution in [3.05, 3.63) is 71.8 Å². The normalized spacial score (nSPS) is 38.6. The predicted molar refractivity (Wildman–Crippen MR) is 195 cm³/mol. The summed E-state index contributed by atoms with van der Waals surface area (Å²) in [6.45, 7) is 16.5. The lowest BCUT2D eigenvalue weighted by Crippen LogP contribution is -2.62. The Bertz CT molecular complexity index is 1560. The van der Waals surface area contributed by atoms with Crippen LogP contribution in [0.2, 0.25) is 0 Å². The van der Waals surface area contributed by atoms with Crippen molar-refractivity contribution >= 4 is 11.6 Å². The van der Waals surface area contributed by atoms with Crippen LogP contribution in [0.4, 0.5) is 0 Å². The molecule has 1 unspecified atom stereocenters. The van der Waals surface area contributed by atoms with E-state index >= 15 is 4.79 Å². The maximum atomic E-state index is 15.1. The van der Waals surface area contributed by atoms with Crippen LogP contribution in [-0.4, -0.2) is 47.6 Å². The summed E-state index contributed by atoms with van der Waals surface area (Å²) in [5.41, 5.74) is 0.711. The lowest BCUT2D eigenvalue weighted by Gasteiger charge is -2.53. The molecular formula is C44H60O7. The summed E-state index contributed by atoms with van der Waals surface area (Å²) in [5.74, 6) is -1.81. The van der Waals surface area contributed by atoms with Gasteiger partial charge >= 0.3 is 0 Å². The molecule has 7 rings (SSSR count). The fraction of sp³-hybridized carbons (Fsp3) is 0.682. The van der Waals surface area contributed by atoms with Crippen LogP contribution in [0.25, 0.3) is 0 Å². The van der Waals surface area contributed by atoms with Crippen molar-refractivity contribution in [2.45, 2.75) is 142 Å². The van der Waals surface area contributed by atoms with Crippen LogP contribution < -0.4 is 0 Å². The molecule has 3 heterocycles. The van der Waals surface area contributed by atoms with Crippen molar-refractivity contribution in [1.82, 2.24) is 0 Å². The summed E-state index contributed by atoms with van der Waals surface area (Å²) in [4.78, 5) is 29.5. The van der Waals surface area contributed by atoms with Gasteiger partial charge in [-0.1, -0.05) is 74.5 Å². The van der Waals surface area contributed by atoms with E-state index < -0.39 is 28.8 Å². The van der Waals surface area contributed by atoms with Crippen molar-refractivity contribution < 1.29 is 33.3 Å². The highest BCUT2D eigenvalue weighted by atomic mass is 16.8. The van der Waals surface area contributed by atoms with Crippen LogP contribution in [-0.2, 0) is 46.5 Å². The molecule has 2 saturated carbocycles. The maximum Gasteiger partial charge on any atom is 0.191 e. The summed E-state index contributed by atoms with van der Waals surface area (Å²) < 4.78 is 32.7. The molecule has 3 saturated heterocycles. The molecule has 0 spiro atoms. The highest BCUT2D eigenvalue weighted by molar-refractivity contribution is 6.00. The number of benzene rings is 2. The first kappa shape index (κ1) is 36.9. The zero-order valence-corrected chi connectivity index (χ0v) is 32.0. The summed E-state index contributed by atoms with van der Waals surface area (Å²) >= 11 is 0. The van der Waals surface area contributed by atoms with Gasteiger partial charge in [-0.15, -0.1) is 0 Å². The van der Waals surface area contributed by atoms with E-state index in [1.54, 1.807) is 0 Å². The first-order valence-corrected chi connectivity index (χ1v) is 19.6. The molecule has 2 bridgehead atoms. The quantitative estimate of drug-likeness (QED) is 0.193. The Balaban J connectivity index is 1.17. The van der Waals surface area contributed by atoms with Crippen molar-refractivity contribution in [1.29, 1.82) is 0 Å². The summed E-state index contributed by atoms with van der Waals surface area (Å²) in [5, 5.41) is 0. The Morgan fingerprint density at radius 2 is 1.51 bits per heavy atom. The van der Waals surface area contributed by atoms with Gasteiger partial charge in [0.2, 0.25) is 0 Å². The van der Waals surface area contributed by atoms with Crippen LogP contribution in [0.3, 0.4) is 0 Å². The Morgan fingerprint density at radius 1 is 0.843 bits per heavy atom. The molecular weight excluding hydrogens is 640 g/mol. The minimum Gasteiger partial charge on any atom is -0.377 e. The number of fused-ring (bicyclic) bond motifs is 1. The number of carbonyl (C=O) groups is 2. The van der Waals surface area contributed by atoms with E-state index in [1.807, 2.05) is 69.3 Å². The lowest BCUT2D eigenvalue weighted by atomic mass is 9.61. The van der Waals surface area contributed by atoms with Gasteiger partial charge in [0.25, 0.3) is 0 Å². The number of carbonyl (C=O) groups excluding carboxylic acids is 2. The molecule has 10 atom stereocenters. The van der Waals surface area contributed by atoms with E-state index in [1.165, 1.54) is 0 Å². The van der Waals surface area contributed by atoms with E-state index in [4.69, 9.17) is 23.7 Å². The van der Waals surface area contributed by atoms with Crippen molar-refractivity contribution in [2.75, 3.05) is 6.61 Å². The largest absolute Gasteiger partial charge is 0.377 e. The van der Waals surface area contributed by atoms with Gasteiger partial charge in [-0.25, -0.2) is 0 Å². The first-order chi connectivity index (χ1) is 24.2. The van der Waals surface area contributed by atoms with Crippen LogP contribution in [0.1, 0.15) is 111 Å². The summed E-state index contributed by atoms with van der Waals surface area (Å²) in [6.07, 6.45) is 6.22. The van der Waals surface area contributed by atoms with Crippen molar-refractivity contribution in [3.63, 3.8) is 0 Å². The molecule has 278 valence electrons. The van der Waals surface area contributed by atoms with Gasteiger partial charge in [-0.3, -0.25) is 9.59 Å². The van der Waals surface area contributed by atoms with Crippen LogP contribution in [0.15, 0.2) is 60.7 Å². The number of Topliss-reactive ketones (excluding diaryl/α,β-unsaturated/α-hetero) is 2.